The van der Waals surface area contributed by atoms with Crippen LogP contribution in [0.1, 0.15) is 26.2 Å². The van der Waals surface area contributed by atoms with Crippen LogP contribution in [0.3, 0.4) is 0 Å². The average molecular weight is 198 g/mol. The van der Waals surface area contributed by atoms with Crippen LogP contribution in [-0.2, 0) is 0 Å². The number of carbonyl (C=O) groups is 1. The molecule has 2 aliphatic rings. The minimum absolute atomic E-state index is 0.00176. The maximum Gasteiger partial charge on any atom is 0.317 e. The summed E-state index contributed by atoms with van der Waals surface area (Å²) in [5, 5.41) is 12.5. The molecule has 0 aromatic rings. The van der Waals surface area contributed by atoms with Crippen molar-refractivity contribution in [3.05, 3.63) is 0 Å². The quantitative estimate of drug-likeness (QED) is 0.647. The van der Waals surface area contributed by atoms with Gasteiger partial charge in [0.1, 0.15) is 0 Å². The van der Waals surface area contributed by atoms with Crippen molar-refractivity contribution in [3.8, 4) is 0 Å². The number of hydrogen-bond acceptors (Lipinski definition) is 2. The molecule has 1 saturated carbocycles. The van der Waals surface area contributed by atoms with Crippen LogP contribution in [0.15, 0.2) is 0 Å². The Morgan fingerprint density at radius 1 is 1.43 bits per heavy atom. The normalized spacial score (nSPS) is 32.9. The van der Waals surface area contributed by atoms with E-state index in [1.807, 2.05) is 0 Å². The van der Waals surface area contributed by atoms with Gasteiger partial charge in [-0.1, -0.05) is 6.92 Å². The molecule has 2 amide bonds. The van der Waals surface area contributed by atoms with Crippen LogP contribution >= 0.6 is 0 Å². The number of aliphatic hydroxyl groups excluding tert-OH is 1. The van der Waals surface area contributed by atoms with E-state index < -0.39 is 0 Å². The lowest BCUT2D eigenvalue weighted by Gasteiger charge is -2.34. The highest BCUT2D eigenvalue weighted by atomic mass is 16.3. The van der Waals surface area contributed by atoms with Gasteiger partial charge in [0.05, 0.1) is 6.10 Å². The number of β-amino-alcohol motifs (C(OH)–C–C–N with tert-alkyl or cyclic N) is 1. The van der Waals surface area contributed by atoms with Crippen molar-refractivity contribution in [2.75, 3.05) is 13.1 Å². The number of nitrogens with zero attached hydrogens (tertiary/aromatic N) is 1. The summed E-state index contributed by atoms with van der Waals surface area (Å²) in [4.78, 5) is 13.4. The third kappa shape index (κ3) is 2.38. The summed E-state index contributed by atoms with van der Waals surface area (Å²) < 4.78 is 0. The van der Waals surface area contributed by atoms with Crippen LogP contribution in [0.4, 0.5) is 4.79 Å². The molecule has 2 atom stereocenters. The Morgan fingerprint density at radius 3 is 2.71 bits per heavy atom. The molecule has 2 fully saturated rings. The first-order valence-electron chi connectivity index (χ1n) is 5.38. The zero-order chi connectivity index (χ0) is 10.1. The summed E-state index contributed by atoms with van der Waals surface area (Å²) in [7, 11) is 0. The van der Waals surface area contributed by atoms with E-state index in [0.717, 1.165) is 25.8 Å². The molecule has 0 aromatic carbocycles. The third-order valence-corrected chi connectivity index (χ3v) is 2.83. The van der Waals surface area contributed by atoms with Crippen LogP contribution in [0.25, 0.3) is 0 Å². The molecule has 0 spiro atoms. The van der Waals surface area contributed by atoms with Crippen LogP contribution in [-0.4, -0.2) is 41.3 Å². The molecular formula is C10H18N2O2. The van der Waals surface area contributed by atoms with Crippen molar-refractivity contribution < 1.29 is 9.90 Å². The van der Waals surface area contributed by atoms with Gasteiger partial charge in [-0.05, 0) is 25.2 Å². The first-order valence-corrected chi connectivity index (χ1v) is 5.38. The first-order chi connectivity index (χ1) is 6.65. The van der Waals surface area contributed by atoms with Gasteiger partial charge in [0.2, 0.25) is 0 Å². The number of rotatable bonds is 1. The molecule has 4 nitrogen and oxygen atoms in total. The highest BCUT2D eigenvalue weighted by molar-refractivity contribution is 5.75. The van der Waals surface area contributed by atoms with Crippen molar-refractivity contribution in [1.29, 1.82) is 0 Å². The lowest BCUT2D eigenvalue weighted by molar-refractivity contribution is 0.0603. The Bertz CT molecular complexity index is 218. The Balaban J connectivity index is 1.85. The van der Waals surface area contributed by atoms with Gasteiger partial charge in [-0.25, -0.2) is 4.79 Å². The number of amides is 2. The minimum atomic E-state index is -0.344. The van der Waals surface area contributed by atoms with Gasteiger partial charge >= 0.3 is 6.03 Å². The lowest BCUT2D eigenvalue weighted by atomic mass is 9.98. The Hall–Kier alpha value is -0.770. The molecule has 80 valence electrons. The van der Waals surface area contributed by atoms with E-state index in [9.17, 15) is 9.90 Å². The molecule has 4 heteroatoms. The van der Waals surface area contributed by atoms with Crippen LogP contribution in [0.5, 0.6) is 0 Å². The third-order valence-electron chi connectivity index (χ3n) is 2.83. The largest absolute Gasteiger partial charge is 0.391 e. The lowest BCUT2D eigenvalue weighted by Crippen LogP contribution is -2.50. The molecule has 1 heterocycles. The molecule has 0 unspecified atom stereocenters. The molecule has 0 aromatic heterocycles. The second-order valence-corrected chi connectivity index (χ2v) is 4.62. The van der Waals surface area contributed by atoms with Gasteiger partial charge in [-0.2, -0.15) is 0 Å². The number of urea groups is 1. The SMILES string of the molecule is C[C@@H]1C[C@H](O)CN(C(=O)NC2CC2)C1. The minimum Gasteiger partial charge on any atom is -0.391 e. The Labute approximate surface area is 84.3 Å². The number of aliphatic hydroxyl groups is 1. The van der Waals surface area contributed by atoms with E-state index >= 15 is 0 Å². The van der Waals surface area contributed by atoms with Gasteiger partial charge in [-0.3, -0.25) is 0 Å². The fourth-order valence-corrected chi connectivity index (χ4v) is 1.98. The maximum absolute atomic E-state index is 11.6. The Morgan fingerprint density at radius 2 is 2.14 bits per heavy atom. The molecule has 2 rings (SSSR count). The highest BCUT2D eigenvalue weighted by Crippen LogP contribution is 2.21. The van der Waals surface area contributed by atoms with E-state index in [4.69, 9.17) is 0 Å². The summed E-state index contributed by atoms with van der Waals surface area (Å²) >= 11 is 0. The van der Waals surface area contributed by atoms with Gasteiger partial charge < -0.3 is 15.3 Å². The van der Waals surface area contributed by atoms with Gasteiger partial charge in [0, 0.05) is 19.1 Å². The molecule has 1 aliphatic heterocycles. The average Bonchev–Trinajstić information content (AvgIpc) is 2.86. The maximum atomic E-state index is 11.6. The molecule has 1 aliphatic carbocycles. The second kappa shape index (κ2) is 3.77. The van der Waals surface area contributed by atoms with Crippen LogP contribution < -0.4 is 5.32 Å². The number of likely N-dealkylation sites (tertiary alicyclic amines) is 1. The monoisotopic (exact) mass is 198 g/mol. The number of hydrogen-bond donors (Lipinski definition) is 2. The Kier molecular flexibility index (Phi) is 2.63. The first kappa shape index (κ1) is 9.77. The number of piperidine rings is 1. The van der Waals surface area contributed by atoms with Crippen molar-refractivity contribution in [2.24, 2.45) is 5.92 Å². The highest BCUT2D eigenvalue weighted by Gasteiger charge is 2.30. The predicted octanol–water partition coefficient (Wildman–Crippen LogP) is 0.561. The summed E-state index contributed by atoms with van der Waals surface area (Å²) in [6.07, 6.45) is 2.69. The van der Waals surface area contributed by atoms with E-state index in [2.05, 4.69) is 12.2 Å². The second-order valence-electron chi connectivity index (χ2n) is 4.62. The van der Waals surface area contributed by atoms with Gasteiger partial charge in [0.15, 0.2) is 0 Å². The number of carbonyl (C=O) groups excluding carboxylic acids is 1. The molecule has 2 N–H and O–H groups in total. The molecule has 0 bridgehead atoms. The van der Waals surface area contributed by atoms with E-state index in [1.165, 1.54) is 0 Å². The van der Waals surface area contributed by atoms with Crippen molar-refractivity contribution >= 4 is 6.03 Å². The fourth-order valence-electron chi connectivity index (χ4n) is 1.98. The van der Waals surface area contributed by atoms with E-state index in [-0.39, 0.29) is 12.1 Å². The molecule has 14 heavy (non-hydrogen) atoms. The molecule has 1 saturated heterocycles. The topological polar surface area (TPSA) is 52.6 Å². The van der Waals surface area contributed by atoms with Crippen molar-refractivity contribution in [3.63, 3.8) is 0 Å². The van der Waals surface area contributed by atoms with Crippen LogP contribution in [0.2, 0.25) is 0 Å². The van der Waals surface area contributed by atoms with Crippen molar-refractivity contribution in [2.45, 2.75) is 38.3 Å². The zero-order valence-electron chi connectivity index (χ0n) is 8.57. The smallest absolute Gasteiger partial charge is 0.317 e. The van der Waals surface area contributed by atoms with Crippen LogP contribution in [0, 0.1) is 5.92 Å². The summed E-state index contributed by atoms with van der Waals surface area (Å²) in [5.74, 6) is 0.406. The summed E-state index contributed by atoms with van der Waals surface area (Å²) in [6.45, 7) is 3.33. The summed E-state index contributed by atoms with van der Waals surface area (Å²) in [5.41, 5.74) is 0. The predicted molar refractivity (Wildman–Crippen MR) is 52.9 cm³/mol. The van der Waals surface area contributed by atoms with E-state index in [0.29, 0.717) is 18.5 Å². The van der Waals surface area contributed by atoms with Gasteiger partial charge in [0.25, 0.3) is 0 Å². The molecular weight excluding hydrogens is 180 g/mol. The van der Waals surface area contributed by atoms with E-state index in [1.54, 1.807) is 4.90 Å². The fraction of sp³-hybridized carbons (Fsp3) is 0.900. The standard InChI is InChI=1S/C10H18N2O2/c1-7-4-9(13)6-12(5-7)10(14)11-8-2-3-8/h7-9,13H,2-6H2,1H3,(H,11,14)/t7-,9+/m1/s1. The van der Waals surface area contributed by atoms with Crippen molar-refractivity contribution in [1.82, 2.24) is 10.2 Å². The summed E-state index contributed by atoms with van der Waals surface area (Å²) in [6, 6.07) is 0.398. The zero-order valence-corrected chi connectivity index (χ0v) is 8.57. The number of nitrogens with one attached hydrogen (secondary N) is 1. The van der Waals surface area contributed by atoms with Gasteiger partial charge in [-0.15, -0.1) is 0 Å². The molecule has 0 radical (unpaired) electrons.